The summed E-state index contributed by atoms with van der Waals surface area (Å²) >= 11 is 0. The second-order valence-corrected chi connectivity index (χ2v) is 4.18. The van der Waals surface area contributed by atoms with Gasteiger partial charge in [-0.05, 0) is 12.3 Å². The summed E-state index contributed by atoms with van der Waals surface area (Å²) < 4.78 is 1.31. The number of aromatic nitrogens is 2. The van der Waals surface area contributed by atoms with E-state index in [1.165, 1.54) is 4.57 Å². The van der Waals surface area contributed by atoms with Crippen LogP contribution in [0.15, 0.2) is 17.3 Å². The van der Waals surface area contributed by atoms with Gasteiger partial charge in [-0.3, -0.25) is 9.36 Å². The lowest BCUT2D eigenvalue weighted by molar-refractivity contribution is 0.0693. The molecule has 17 heavy (non-hydrogen) atoms. The Morgan fingerprint density at radius 3 is 2.94 bits per heavy atom. The van der Waals surface area contributed by atoms with E-state index in [1.54, 1.807) is 0 Å². The molecule has 0 radical (unpaired) electrons. The molecule has 0 aromatic carbocycles. The molecular formula is C11H12N2O4. The highest BCUT2D eigenvalue weighted by molar-refractivity contribution is 5.86. The second-order valence-electron chi connectivity index (χ2n) is 4.18. The van der Waals surface area contributed by atoms with Crippen LogP contribution in [0.5, 0.6) is 0 Å². The molecule has 0 amide bonds. The largest absolute Gasteiger partial charge is 0.515 e. The number of aliphatic hydroxyl groups excluding tert-OH is 1. The normalized spacial score (nSPS) is 21.2. The Balaban J connectivity index is 2.67. The minimum Gasteiger partial charge on any atom is -0.515 e. The highest BCUT2D eigenvalue weighted by atomic mass is 16.4. The summed E-state index contributed by atoms with van der Waals surface area (Å²) in [4.78, 5) is 26.7. The Morgan fingerprint density at radius 1 is 1.65 bits per heavy atom. The van der Waals surface area contributed by atoms with Gasteiger partial charge in [0.25, 0.3) is 5.56 Å². The van der Waals surface area contributed by atoms with Crippen molar-refractivity contribution in [2.75, 3.05) is 0 Å². The lowest BCUT2D eigenvalue weighted by Crippen LogP contribution is -2.34. The van der Waals surface area contributed by atoms with E-state index in [4.69, 9.17) is 10.2 Å². The average molecular weight is 236 g/mol. The molecule has 90 valence electrons. The van der Waals surface area contributed by atoms with Gasteiger partial charge in [-0.1, -0.05) is 6.92 Å². The zero-order valence-corrected chi connectivity index (χ0v) is 9.25. The Bertz CT molecular complexity index is 559. The van der Waals surface area contributed by atoms with Gasteiger partial charge < -0.3 is 10.2 Å². The van der Waals surface area contributed by atoms with Gasteiger partial charge in [-0.15, -0.1) is 0 Å². The van der Waals surface area contributed by atoms with Crippen molar-refractivity contribution in [2.24, 2.45) is 5.92 Å². The van der Waals surface area contributed by atoms with E-state index in [-0.39, 0.29) is 11.5 Å². The predicted octanol–water partition coefficient (Wildman–Crippen LogP) is 0.880. The van der Waals surface area contributed by atoms with Gasteiger partial charge in [-0.2, -0.15) is 0 Å². The lowest BCUT2D eigenvalue weighted by atomic mass is 9.97. The molecule has 0 aliphatic carbocycles. The number of fused-ring (bicyclic) bond motifs is 1. The van der Waals surface area contributed by atoms with Crippen LogP contribution in [0, 0.1) is 5.92 Å². The quantitative estimate of drug-likeness (QED) is 0.706. The van der Waals surface area contributed by atoms with E-state index in [0.717, 1.165) is 12.5 Å². The number of hydrogen-bond donors (Lipinski definition) is 2. The summed E-state index contributed by atoms with van der Waals surface area (Å²) in [5.74, 6) is -0.782. The first kappa shape index (κ1) is 11.4. The summed E-state index contributed by atoms with van der Waals surface area (Å²) in [5, 5.41) is 17.9. The molecule has 1 aromatic rings. The SMILES string of the molecule is CC1C/C(=C/O)c2ncc(C(=O)O)c(=O)n2C1. The number of aromatic carboxylic acids is 1. The van der Waals surface area contributed by atoms with Gasteiger partial charge in [0.2, 0.25) is 0 Å². The van der Waals surface area contributed by atoms with Crippen LogP contribution in [-0.4, -0.2) is 25.7 Å². The summed E-state index contributed by atoms with van der Waals surface area (Å²) in [6.45, 7) is 2.34. The molecular weight excluding hydrogens is 224 g/mol. The molecule has 1 unspecified atom stereocenters. The molecule has 0 fully saturated rings. The van der Waals surface area contributed by atoms with E-state index < -0.39 is 11.5 Å². The molecule has 0 saturated heterocycles. The summed E-state index contributed by atoms with van der Waals surface area (Å²) in [7, 11) is 0. The maximum Gasteiger partial charge on any atom is 0.342 e. The predicted molar refractivity (Wildman–Crippen MR) is 59.8 cm³/mol. The molecule has 6 heteroatoms. The minimum atomic E-state index is -1.29. The number of rotatable bonds is 1. The highest BCUT2D eigenvalue weighted by Crippen LogP contribution is 2.26. The molecule has 2 heterocycles. The molecule has 0 saturated carbocycles. The molecule has 1 aromatic heterocycles. The third kappa shape index (κ3) is 1.82. The first-order valence-electron chi connectivity index (χ1n) is 5.21. The Hall–Kier alpha value is -2.11. The third-order valence-corrected chi connectivity index (χ3v) is 2.78. The van der Waals surface area contributed by atoms with E-state index >= 15 is 0 Å². The topological polar surface area (TPSA) is 92.4 Å². The Kier molecular flexibility index (Phi) is 2.71. The fraction of sp³-hybridized carbons (Fsp3) is 0.364. The van der Waals surface area contributed by atoms with Crippen molar-refractivity contribution in [2.45, 2.75) is 19.9 Å². The molecule has 2 rings (SSSR count). The highest BCUT2D eigenvalue weighted by Gasteiger charge is 2.24. The maximum atomic E-state index is 11.9. The summed E-state index contributed by atoms with van der Waals surface area (Å²) in [5.41, 5.74) is -0.369. The van der Waals surface area contributed by atoms with E-state index in [9.17, 15) is 9.59 Å². The van der Waals surface area contributed by atoms with Gasteiger partial charge in [-0.25, -0.2) is 9.78 Å². The molecule has 1 atom stereocenters. The number of carboxylic acid groups (broad SMARTS) is 1. The first-order chi connectivity index (χ1) is 8.04. The Morgan fingerprint density at radius 2 is 2.35 bits per heavy atom. The van der Waals surface area contributed by atoms with Crippen LogP contribution in [0.2, 0.25) is 0 Å². The monoisotopic (exact) mass is 236 g/mol. The first-order valence-corrected chi connectivity index (χ1v) is 5.21. The average Bonchev–Trinajstić information content (AvgIpc) is 2.28. The van der Waals surface area contributed by atoms with Crippen LogP contribution in [0.1, 0.15) is 29.5 Å². The number of carbonyl (C=O) groups is 1. The fourth-order valence-electron chi connectivity index (χ4n) is 2.02. The number of nitrogens with zero attached hydrogens (tertiary/aromatic N) is 2. The van der Waals surface area contributed by atoms with E-state index in [2.05, 4.69) is 4.98 Å². The minimum absolute atomic E-state index is 0.157. The number of allylic oxidation sites excluding steroid dienone is 1. The summed E-state index contributed by atoms with van der Waals surface area (Å²) in [6.07, 6.45) is 2.58. The second kappa shape index (κ2) is 4.04. The molecule has 2 N–H and O–H groups in total. The molecule has 0 spiro atoms. The standard InChI is InChI=1S/C11H12N2O4/c1-6-2-7(5-14)9-12-3-8(11(16)17)10(15)13(9)4-6/h3,5-6,14H,2,4H2,1H3,(H,16,17)/b7-5-. The summed E-state index contributed by atoms with van der Waals surface area (Å²) in [6, 6.07) is 0. The van der Waals surface area contributed by atoms with Crippen LogP contribution in [-0.2, 0) is 6.54 Å². The van der Waals surface area contributed by atoms with Crippen molar-refractivity contribution in [1.29, 1.82) is 0 Å². The molecule has 1 aliphatic rings. The van der Waals surface area contributed by atoms with Crippen LogP contribution < -0.4 is 5.56 Å². The zero-order valence-electron chi connectivity index (χ0n) is 9.25. The van der Waals surface area contributed by atoms with Crippen molar-refractivity contribution in [1.82, 2.24) is 9.55 Å². The molecule has 0 bridgehead atoms. The van der Waals surface area contributed by atoms with E-state index in [0.29, 0.717) is 24.4 Å². The van der Waals surface area contributed by atoms with Crippen LogP contribution in [0.3, 0.4) is 0 Å². The van der Waals surface area contributed by atoms with Gasteiger partial charge in [0.15, 0.2) is 0 Å². The number of carboxylic acids is 1. The number of hydrogen-bond acceptors (Lipinski definition) is 4. The van der Waals surface area contributed by atoms with Crippen LogP contribution in [0.25, 0.3) is 5.57 Å². The van der Waals surface area contributed by atoms with Crippen molar-refractivity contribution in [3.05, 3.63) is 34.2 Å². The van der Waals surface area contributed by atoms with E-state index in [1.807, 2.05) is 6.92 Å². The van der Waals surface area contributed by atoms with Gasteiger partial charge in [0.05, 0.1) is 6.26 Å². The number of aliphatic hydroxyl groups is 1. The van der Waals surface area contributed by atoms with Crippen LogP contribution in [0.4, 0.5) is 0 Å². The lowest BCUT2D eigenvalue weighted by Gasteiger charge is -2.24. The van der Waals surface area contributed by atoms with Crippen molar-refractivity contribution >= 4 is 11.5 Å². The maximum absolute atomic E-state index is 11.9. The van der Waals surface area contributed by atoms with Crippen molar-refractivity contribution < 1.29 is 15.0 Å². The van der Waals surface area contributed by atoms with Gasteiger partial charge >= 0.3 is 5.97 Å². The van der Waals surface area contributed by atoms with Crippen molar-refractivity contribution in [3.8, 4) is 0 Å². The molecule has 1 aliphatic heterocycles. The third-order valence-electron chi connectivity index (χ3n) is 2.78. The van der Waals surface area contributed by atoms with Gasteiger partial charge in [0.1, 0.15) is 11.4 Å². The smallest absolute Gasteiger partial charge is 0.342 e. The van der Waals surface area contributed by atoms with Crippen molar-refractivity contribution in [3.63, 3.8) is 0 Å². The van der Waals surface area contributed by atoms with Crippen LogP contribution >= 0.6 is 0 Å². The fourth-order valence-corrected chi connectivity index (χ4v) is 2.02. The van der Waals surface area contributed by atoms with Gasteiger partial charge in [0, 0.05) is 18.3 Å². The Labute approximate surface area is 96.9 Å². The molecule has 6 nitrogen and oxygen atoms in total. The zero-order chi connectivity index (χ0) is 12.6.